The van der Waals surface area contributed by atoms with E-state index < -0.39 is 0 Å². The van der Waals surface area contributed by atoms with Crippen LogP contribution in [0, 0.1) is 0 Å². The lowest BCUT2D eigenvalue weighted by Crippen LogP contribution is -2.27. The van der Waals surface area contributed by atoms with E-state index in [2.05, 4.69) is 21.3 Å². The van der Waals surface area contributed by atoms with Crippen LogP contribution in [0.15, 0.2) is 48.5 Å². The Morgan fingerprint density at radius 2 is 1.57 bits per heavy atom. The molecule has 8 nitrogen and oxygen atoms in total. The summed E-state index contributed by atoms with van der Waals surface area (Å²) in [5.41, 5.74) is 2.37. The van der Waals surface area contributed by atoms with E-state index in [0.29, 0.717) is 42.2 Å². The zero-order valence-corrected chi connectivity index (χ0v) is 17.3. The molecule has 0 fully saturated rings. The monoisotopic (exact) mass is 412 g/mol. The van der Waals surface area contributed by atoms with Gasteiger partial charge in [0.1, 0.15) is 0 Å². The number of hydrogen-bond acceptors (Lipinski definition) is 5. The number of ether oxygens (including phenoxy) is 1. The van der Waals surface area contributed by atoms with Gasteiger partial charge < -0.3 is 26.0 Å². The standard InChI is InChI=1S/C22H28N4O4/c1-3-6-20(27)25-19-10-5-8-17(14-19)24-15-21(28)26-18-9-4-7-16(13-18)22(29)23-11-12-30-2/h4-5,7-10,13-14,24H,3,6,11-12,15H2,1-2H3,(H,23,29)(H,25,27)(H,26,28). The van der Waals surface area contributed by atoms with Crippen LogP contribution in [0.25, 0.3) is 0 Å². The molecule has 0 atom stereocenters. The van der Waals surface area contributed by atoms with Crippen molar-refractivity contribution in [3.05, 3.63) is 54.1 Å². The number of anilines is 3. The second-order valence-corrected chi connectivity index (χ2v) is 6.61. The van der Waals surface area contributed by atoms with E-state index in [4.69, 9.17) is 4.74 Å². The summed E-state index contributed by atoms with van der Waals surface area (Å²) in [5.74, 6) is -0.533. The van der Waals surface area contributed by atoms with Gasteiger partial charge in [0.2, 0.25) is 11.8 Å². The normalized spacial score (nSPS) is 10.2. The highest BCUT2D eigenvalue weighted by molar-refractivity contribution is 5.98. The molecule has 0 saturated heterocycles. The third-order valence-corrected chi connectivity index (χ3v) is 4.08. The number of hydrogen-bond donors (Lipinski definition) is 4. The van der Waals surface area contributed by atoms with Crippen molar-refractivity contribution in [3.8, 4) is 0 Å². The Bertz CT molecular complexity index is 870. The van der Waals surface area contributed by atoms with E-state index in [1.165, 1.54) is 0 Å². The SMILES string of the molecule is CCCC(=O)Nc1cccc(NCC(=O)Nc2cccc(C(=O)NCCOC)c2)c1. The fourth-order valence-corrected chi connectivity index (χ4v) is 2.65. The van der Waals surface area contributed by atoms with Gasteiger partial charge in [0.15, 0.2) is 0 Å². The van der Waals surface area contributed by atoms with Crippen LogP contribution < -0.4 is 21.3 Å². The Kier molecular flexibility index (Phi) is 9.33. The predicted molar refractivity (Wildman–Crippen MR) is 118 cm³/mol. The predicted octanol–water partition coefficient (Wildman–Crippen LogP) is 2.85. The molecule has 2 aromatic carbocycles. The summed E-state index contributed by atoms with van der Waals surface area (Å²) >= 11 is 0. The van der Waals surface area contributed by atoms with E-state index in [0.717, 1.165) is 6.42 Å². The lowest BCUT2D eigenvalue weighted by molar-refractivity contribution is -0.116. The molecule has 2 aromatic rings. The minimum Gasteiger partial charge on any atom is -0.383 e. The number of amides is 3. The number of carbonyl (C=O) groups is 3. The molecule has 0 aromatic heterocycles. The van der Waals surface area contributed by atoms with Crippen molar-refractivity contribution in [1.82, 2.24) is 5.32 Å². The van der Waals surface area contributed by atoms with Crippen molar-refractivity contribution in [2.75, 3.05) is 42.8 Å². The van der Waals surface area contributed by atoms with E-state index in [1.807, 2.05) is 13.0 Å². The summed E-state index contributed by atoms with van der Waals surface area (Å²) in [5, 5.41) is 11.3. The highest BCUT2D eigenvalue weighted by atomic mass is 16.5. The zero-order chi connectivity index (χ0) is 21.8. The Hall–Kier alpha value is -3.39. The van der Waals surface area contributed by atoms with Crippen molar-refractivity contribution in [2.45, 2.75) is 19.8 Å². The van der Waals surface area contributed by atoms with Gasteiger partial charge in [-0.3, -0.25) is 14.4 Å². The molecule has 160 valence electrons. The smallest absolute Gasteiger partial charge is 0.251 e. The van der Waals surface area contributed by atoms with E-state index in [1.54, 1.807) is 49.6 Å². The van der Waals surface area contributed by atoms with Crippen LogP contribution in [0.3, 0.4) is 0 Å². The molecular formula is C22H28N4O4. The van der Waals surface area contributed by atoms with Crippen molar-refractivity contribution in [2.24, 2.45) is 0 Å². The second-order valence-electron chi connectivity index (χ2n) is 6.61. The largest absolute Gasteiger partial charge is 0.383 e. The van der Waals surface area contributed by atoms with Crippen molar-refractivity contribution < 1.29 is 19.1 Å². The minimum absolute atomic E-state index is 0.0383. The summed E-state index contributed by atoms with van der Waals surface area (Å²) in [6.45, 7) is 2.82. The molecule has 0 saturated carbocycles. The molecule has 0 aliphatic carbocycles. The van der Waals surface area contributed by atoms with Gasteiger partial charge in [-0.1, -0.05) is 19.1 Å². The van der Waals surface area contributed by atoms with Crippen LogP contribution in [0.5, 0.6) is 0 Å². The average Bonchev–Trinajstić information content (AvgIpc) is 2.73. The minimum atomic E-state index is -0.257. The van der Waals surface area contributed by atoms with E-state index in [-0.39, 0.29) is 24.3 Å². The molecule has 0 radical (unpaired) electrons. The lowest BCUT2D eigenvalue weighted by atomic mass is 10.2. The highest BCUT2D eigenvalue weighted by Crippen LogP contribution is 2.16. The van der Waals surface area contributed by atoms with Crippen LogP contribution in [0.4, 0.5) is 17.1 Å². The molecule has 0 heterocycles. The van der Waals surface area contributed by atoms with Gasteiger partial charge in [-0.25, -0.2) is 0 Å². The zero-order valence-electron chi connectivity index (χ0n) is 17.3. The van der Waals surface area contributed by atoms with Crippen molar-refractivity contribution in [1.29, 1.82) is 0 Å². The van der Waals surface area contributed by atoms with Gasteiger partial charge >= 0.3 is 0 Å². The Labute approximate surface area is 176 Å². The molecule has 2 rings (SSSR count). The average molecular weight is 412 g/mol. The Balaban J connectivity index is 1.87. The molecular weight excluding hydrogens is 384 g/mol. The number of rotatable bonds is 11. The quantitative estimate of drug-likeness (QED) is 0.425. The first-order chi connectivity index (χ1) is 14.5. The molecule has 30 heavy (non-hydrogen) atoms. The summed E-state index contributed by atoms with van der Waals surface area (Å²) < 4.78 is 4.91. The van der Waals surface area contributed by atoms with Crippen molar-refractivity contribution in [3.63, 3.8) is 0 Å². The third-order valence-electron chi connectivity index (χ3n) is 4.08. The lowest BCUT2D eigenvalue weighted by Gasteiger charge is -2.11. The third kappa shape index (κ3) is 7.92. The van der Waals surface area contributed by atoms with Gasteiger partial charge in [0.05, 0.1) is 13.2 Å². The van der Waals surface area contributed by atoms with Crippen LogP contribution in [-0.2, 0) is 14.3 Å². The van der Waals surface area contributed by atoms with Gasteiger partial charge in [-0.05, 0) is 42.8 Å². The maximum atomic E-state index is 12.3. The molecule has 0 aliphatic heterocycles. The first kappa shape index (κ1) is 22.9. The summed E-state index contributed by atoms with van der Waals surface area (Å²) in [4.78, 5) is 36.1. The maximum absolute atomic E-state index is 12.3. The molecule has 0 unspecified atom stereocenters. The molecule has 0 aliphatic rings. The topological polar surface area (TPSA) is 109 Å². The first-order valence-corrected chi connectivity index (χ1v) is 9.82. The molecule has 3 amide bonds. The van der Waals surface area contributed by atoms with E-state index in [9.17, 15) is 14.4 Å². The molecule has 4 N–H and O–H groups in total. The fraction of sp³-hybridized carbons (Fsp3) is 0.318. The number of nitrogens with one attached hydrogen (secondary N) is 4. The van der Waals surface area contributed by atoms with Gasteiger partial charge in [0, 0.05) is 42.7 Å². The van der Waals surface area contributed by atoms with Crippen LogP contribution >= 0.6 is 0 Å². The van der Waals surface area contributed by atoms with Gasteiger partial charge in [-0.2, -0.15) is 0 Å². The number of methoxy groups -OCH3 is 1. The number of carbonyl (C=O) groups excluding carboxylic acids is 3. The molecule has 8 heteroatoms. The number of benzene rings is 2. The Morgan fingerprint density at radius 3 is 2.30 bits per heavy atom. The highest BCUT2D eigenvalue weighted by Gasteiger charge is 2.08. The van der Waals surface area contributed by atoms with Crippen LogP contribution in [-0.4, -0.2) is 44.5 Å². The van der Waals surface area contributed by atoms with Crippen LogP contribution in [0.1, 0.15) is 30.1 Å². The maximum Gasteiger partial charge on any atom is 0.251 e. The van der Waals surface area contributed by atoms with E-state index >= 15 is 0 Å². The summed E-state index contributed by atoms with van der Waals surface area (Å²) in [6.07, 6.45) is 1.24. The molecule has 0 bridgehead atoms. The van der Waals surface area contributed by atoms with Gasteiger partial charge in [0.25, 0.3) is 5.91 Å². The summed E-state index contributed by atoms with van der Waals surface area (Å²) in [6, 6.07) is 13.9. The van der Waals surface area contributed by atoms with Gasteiger partial charge in [-0.15, -0.1) is 0 Å². The molecule has 0 spiro atoms. The van der Waals surface area contributed by atoms with Crippen molar-refractivity contribution >= 4 is 34.8 Å². The fourth-order valence-electron chi connectivity index (χ4n) is 2.65. The van der Waals surface area contributed by atoms with Crippen LogP contribution in [0.2, 0.25) is 0 Å². The first-order valence-electron chi connectivity index (χ1n) is 9.82. The summed E-state index contributed by atoms with van der Waals surface area (Å²) in [7, 11) is 1.56. The second kappa shape index (κ2) is 12.2. The Morgan fingerprint density at radius 1 is 0.900 bits per heavy atom.